The molecule has 0 saturated heterocycles. The molecule has 104 valence electrons. The van der Waals surface area contributed by atoms with Gasteiger partial charge in [-0.2, -0.15) is 0 Å². The molecule has 0 aliphatic heterocycles. The second-order valence-corrected chi connectivity index (χ2v) is 7.05. The van der Waals surface area contributed by atoms with Crippen molar-refractivity contribution in [2.45, 2.75) is 44.9 Å². The van der Waals surface area contributed by atoms with Gasteiger partial charge >= 0.3 is 59.1 Å². The van der Waals surface area contributed by atoms with Crippen LogP contribution in [0.3, 0.4) is 0 Å². The minimum atomic E-state index is -4.09. The molecule has 0 aromatic rings. The van der Waals surface area contributed by atoms with Crippen molar-refractivity contribution in [3.05, 3.63) is 0 Å². The Balaban J connectivity index is -0.00000128. The van der Waals surface area contributed by atoms with Crippen LogP contribution >= 0.6 is 0 Å². The smallest absolute Gasteiger partial charge is 0.748 e. The van der Waals surface area contributed by atoms with Gasteiger partial charge in [0.1, 0.15) is 0 Å². The zero-order chi connectivity index (χ0) is 13.4. The van der Waals surface area contributed by atoms with Crippen molar-refractivity contribution >= 4 is 20.2 Å². The van der Waals surface area contributed by atoms with E-state index >= 15 is 0 Å². The Morgan fingerprint density at radius 1 is 0.526 bits per heavy atom. The van der Waals surface area contributed by atoms with Crippen molar-refractivity contribution in [3.63, 3.8) is 0 Å². The van der Waals surface area contributed by atoms with Crippen LogP contribution in [0.5, 0.6) is 0 Å². The Hall–Kier alpha value is 1.82. The molecule has 0 spiro atoms. The van der Waals surface area contributed by atoms with E-state index in [0.717, 1.165) is 19.3 Å². The zero-order valence-corrected chi connectivity index (χ0v) is 17.3. The summed E-state index contributed by atoms with van der Waals surface area (Å²) in [4.78, 5) is 0. The maximum atomic E-state index is 10.3. The van der Waals surface area contributed by atoms with Crippen molar-refractivity contribution in [3.8, 4) is 0 Å². The van der Waals surface area contributed by atoms with Gasteiger partial charge < -0.3 is 9.11 Å². The summed E-state index contributed by atoms with van der Waals surface area (Å²) in [6.45, 7) is 0. The van der Waals surface area contributed by atoms with Gasteiger partial charge in [-0.25, -0.2) is 16.8 Å². The van der Waals surface area contributed by atoms with Gasteiger partial charge in [0.2, 0.25) is 0 Å². The molecule has 0 rings (SSSR count). The van der Waals surface area contributed by atoms with Crippen molar-refractivity contribution < 1.29 is 85.1 Å². The molecule has 0 atom stereocenters. The molecule has 19 heavy (non-hydrogen) atoms. The van der Waals surface area contributed by atoms with Gasteiger partial charge in [0.15, 0.2) is 0 Å². The number of hydrogen-bond donors (Lipinski definition) is 0. The Kier molecular flexibility index (Phi) is 18.3. The van der Waals surface area contributed by atoms with Gasteiger partial charge in [0.05, 0.1) is 20.2 Å². The van der Waals surface area contributed by atoms with Crippen molar-refractivity contribution in [2.24, 2.45) is 0 Å². The molecule has 0 radical (unpaired) electrons. The summed E-state index contributed by atoms with van der Waals surface area (Å²) in [6.07, 6.45) is 4.61. The molecule has 0 unspecified atom stereocenters. The third-order valence-corrected chi connectivity index (χ3v) is 3.87. The first-order valence-corrected chi connectivity index (χ1v) is 8.73. The summed E-state index contributed by atoms with van der Waals surface area (Å²) in [5.41, 5.74) is 0. The molecular weight excluding hydrogens is 314 g/mol. The molecule has 0 bridgehead atoms. The molecular formula is C9H18Na2O6S2. The van der Waals surface area contributed by atoms with E-state index in [4.69, 9.17) is 0 Å². The average Bonchev–Trinajstić information content (AvgIpc) is 2.11. The first kappa shape index (κ1) is 25.8. The van der Waals surface area contributed by atoms with Crippen LogP contribution in [0.2, 0.25) is 0 Å². The molecule has 10 heteroatoms. The monoisotopic (exact) mass is 332 g/mol. The van der Waals surface area contributed by atoms with E-state index < -0.39 is 20.2 Å². The zero-order valence-electron chi connectivity index (χ0n) is 11.6. The Morgan fingerprint density at radius 2 is 0.737 bits per heavy atom. The van der Waals surface area contributed by atoms with E-state index in [9.17, 15) is 25.9 Å². The summed E-state index contributed by atoms with van der Waals surface area (Å²) in [5.74, 6) is -0.636. The van der Waals surface area contributed by atoms with Gasteiger partial charge in [-0.1, -0.05) is 32.1 Å². The quantitative estimate of drug-likeness (QED) is 0.224. The fourth-order valence-corrected chi connectivity index (χ4v) is 2.56. The average molecular weight is 332 g/mol. The summed E-state index contributed by atoms with van der Waals surface area (Å²) >= 11 is 0. The molecule has 0 amide bonds. The van der Waals surface area contributed by atoms with Crippen molar-refractivity contribution in [2.75, 3.05) is 11.5 Å². The topological polar surface area (TPSA) is 114 Å². The third-order valence-electron chi connectivity index (χ3n) is 2.29. The van der Waals surface area contributed by atoms with Crippen LogP contribution in [-0.2, 0) is 20.2 Å². The minimum absolute atomic E-state index is 0. The molecule has 0 N–H and O–H groups in total. The third kappa shape index (κ3) is 25.1. The van der Waals surface area contributed by atoms with Crippen molar-refractivity contribution in [1.29, 1.82) is 0 Å². The fraction of sp³-hybridized carbons (Fsp3) is 1.00. The molecule has 0 aliphatic rings. The van der Waals surface area contributed by atoms with Gasteiger partial charge in [0.25, 0.3) is 0 Å². The van der Waals surface area contributed by atoms with E-state index in [0.29, 0.717) is 25.7 Å². The Morgan fingerprint density at radius 3 is 0.947 bits per heavy atom. The largest absolute Gasteiger partial charge is 1.00 e. The SMILES string of the molecule is O=S(=O)([O-])CCCCCCCCCS(=O)(=O)[O-].[Na+].[Na+]. The van der Waals surface area contributed by atoms with Crippen LogP contribution in [-0.4, -0.2) is 37.4 Å². The number of unbranched alkanes of at least 4 members (excludes halogenated alkanes) is 6. The second kappa shape index (κ2) is 13.5. The van der Waals surface area contributed by atoms with E-state index in [1.807, 2.05) is 0 Å². The predicted molar refractivity (Wildman–Crippen MR) is 61.4 cm³/mol. The van der Waals surface area contributed by atoms with Gasteiger partial charge in [0, 0.05) is 11.5 Å². The van der Waals surface area contributed by atoms with Gasteiger partial charge in [-0.15, -0.1) is 0 Å². The normalized spacial score (nSPS) is 11.5. The van der Waals surface area contributed by atoms with Crippen LogP contribution < -0.4 is 59.1 Å². The van der Waals surface area contributed by atoms with E-state index in [2.05, 4.69) is 0 Å². The van der Waals surface area contributed by atoms with Gasteiger partial charge in [-0.05, 0) is 12.8 Å². The molecule has 0 aromatic carbocycles. The first-order chi connectivity index (χ1) is 7.71. The van der Waals surface area contributed by atoms with E-state index in [1.165, 1.54) is 0 Å². The molecule has 0 heterocycles. The number of hydrogen-bond acceptors (Lipinski definition) is 6. The Bertz CT molecular complexity index is 355. The minimum Gasteiger partial charge on any atom is -0.748 e. The maximum Gasteiger partial charge on any atom is 1.00 e. The number of rotatable bonds is 10. The molecule has 0 fully saturated rings. The predicted octanol–water partition coefficient (Wildman–Crippen LogP) is -5.18. The summed E-state index contributed by atoms with van der Waals surface area (Å²) in [6, 6.07) is 0. The van der Waals surface area contributed by atoms with Crippen molar-refractivity contribution in [1.82, 2.24) is 0 Å². The maximum absolute atomic E-state index is 10.3. The van der Waals surface area contributed by atoms with Crippen LogP contribution in [0, 0.1) is 0 Å². The van der Waals surface area contributed by atoms with Crippen LogP contribution in [0.1, 0.15) is 44.9 Å². The molecule has 0 saturated carbocycles. The molecule has 6 nitrogen and oxygen atoms in total. The standard InChI is InChI=1S/C9H20O6S2.2Na/c10-16(11,12)8-6-4-2-1-3-5-7-9-17(13,14)15;;/h1-9H2,(H,10,11,12)(H,13,14,15);;/q;2*+1/p-2. The molecule has 0 aromatic heterocycles. The van der Waals surface area contributed by atoms with E-state index in [1.54, 1.807) is 0 Å². The molecule has 0 aliphatic carbocycles. The summed E-state index contributed by atoms with van der Waals surface area (Å²) in [7, 11) is -8.19. The van der Waals surface area contributed by atoms with Gasteiger partial charge in [-0.3, -0.25) is 0 Å². The summed E-state index contributed by atoms with van der Waals surface area (Å²) in [5, 5.41) is 0. The summed E-state index contributed by atoms with van der Waals surface area (Å²) < 4.78 is 61.5. The van der Waals surface area contributed by atoms with Crippen LogP contribution in [0.25, 0.3) is 0 Å². The Labute approximate surface area is 160 Å². The second-order valence-electron chi connectivity index (χ2n) is 4.00. The first-order valence-electron chi connectivity index (χ1n) is 5.58. The van der Waals surface area contributed by atoms with Crippen LogP contribution in [0.15, 0.2) is 0 Å². The van der Waals surface area contributed by atoms with E-state index in [-0.39, 0.29) is 70.6 Å². The van der Waals surface area contributed by atoms with Crippen LogP contribution in [0.4, 0.5) is 0 Å². The fourth-order valence-electron chi connectivity index (χ4n) is 1.44.